The minimum absolute atomic E-state index is 0.0841. The van der Waals surface area contributed by atoms with E-state index in [0.717, 1.165) is 6.07 Å². The van der Waals surface area contributed by atoms with Gasteiger partial charge in [0.1, 0.15) is 18.0 Å². The summed E-state index contributed by atoms with van der Waals surface area (Å²) in [6.45, 7) is 5.03. The molecule has 1 aromatic carbocycles. The van der Waals surface area contributed by atoms with Gasteiger partial charge in [-0.3, -0.25) is 0 Å². The van der Waals surface area contributed by atoms with Crippen LogP contribution in [0.5, 0.6) is 5.75 Å². The Morgan fingerprint density at radius 2 is 2.00 bits per heavy atom. The number of ether oxygens (including phenoxy) is 2. The lowest BCUT2D eigenvalue weighted by Gasteiger charge is -2.30. The summed E-state index contributed by atoms with van der Waals surface area (Å²) >= 11 is 6.02. The molecule has 1 amide bonds. The first-order valence-corrected chi connectivity index (χ1v) is 10.1. The third-order valence-corrected chi connectivity index (χ3v) is 4.83. The molecule has 0 radical (unpaired) electrons. The van der Waals surface area contributed by atoms with E-state index in [1.165, 1.54) is 28.9 Å². The predicted octanol–water partition coefficient (Wildman–Crippen LogP) is 5.35. The van der Waals surface area contributed by atoms with Crippen LogP contribution in [0.15, 0.2) is 36.7 Å². The lowest BCUT2D eigenvalue weighted by molar-refractivity contribution is -0.139. The van der Waals surface area contributed by atoms with E-state index in [-0.39, 0.29) is 23.2 Å². The van der Waals surface area contributed by atoms with Gasteiger partial charge < -0.3 is 15.2 Å². The predicted molar refractivity (Wildman–Crippen MR) is 112 cm³/mol. The second-order valence-electron chi connectivity index (χ2n) is 8.04. The number of fused-ring (bicyclic) bond motifs is 1. The Morgan fingerprint density at radius 3 is 2.62 bits per heavy atom. The van der Waals surface area contributed by atoms with Gasteiger partial charge in [-0.25, -0.2) is 14.3 Å². The number of primary amides is 1. The Kier molecular flexibility index (Phi) is 6.54. The molecule has 0 bridgehead atoms. The van der Waals surface area contributed by atoms with Crippen LogP contribution in [0.1, 0.15) is 32.8 Å². The zero-order valence-corrected chi connectivity index (χ0v) is 18.4. The van der Waals surface area contributed by atoms with Crippen LogP contribution in [0, 0.1) is 5.92 Å². The molecule has 7 nitrogen and oxygen atoms in total. The van der Waals surface area contributed by atoms with Crippen molar-refractivity contribution in [3.8, 4) is 16.9 Å². The summed E-state index contributed by atoms with van der Waals surface area (Å²) in [4.78, 5) is 15.4. The highest BCUT2D eigenvalue weighted by Gasteiger charge is 2.37. The summed E-state index contributed by atoms with van der Waals surface area (Å²) in [6.07, 6.45) is -2.36. The zero-order valence-electron chi connectivity index (χ0n) is 17.6. The van der Waals surface area contributed by atoms with Gasteiger partial charge in [0.25, 0.3) is 0 Å². The third kappa shape index (κ3) is 5.42. The van der Waals surface area contributed by atoms with Crippen molar-refractivity contribution in [3.05, 3.63) is 47.4 Å². The average molecular weight is 471 g/mol. The van der Waals surface area contributed by atoms with E-state index in [9.17, 15) is 18.0 Å². The van der Waals surface area contributed by atoms with Crippen LogP contribution in [0.3, 0.4) is 0 Å². The number of carbonyl (C=O) groups is 1. The molecule has 0 unspecified atom stereocenters. The highest BCUT2D eigenvalue weighted by atomic mass is 35.5. The number of halogens is 4. The van der Waals surface area contributed by atoms with Gasteiger partial charge in [0.05, 0.1) is 5.56 Å². The fourth-order valence-corrected chi connectivity index (χ4v) is 3.80. The van der Waals surface area contributed by atoms with Crippen LogP contribution in [-0.2, 0) is 10.9 Å². The largest absolute Gasteiger partial charge is 0.489 e. The molecule has 1 atom stereocenters. The number of carbonyl (C=O) groups excluding carboxylic acids is 1. The molecule has 0 aliphatic heterocycles. The van der Waals surface area contributed by atoms with Crippen LogP contribution in [0.4, 0.5) is 18.0 Å². The first-order chi connectivity index (χ1) is 14.9. The number of alkyl halides is 3. The van der Waals surface area contributed by atoms with Crippen LogP contribution in [-0.4, -0.2) is 32.9 Å². The third-order valence-electron chi connectivity index (χ3n) is 4.65. The van der Waals surface area contributed by atoms with Crippen molar-refractivity contribution in [2.45, 2.75) is 39.0 Å². The Hall–Kier alpha value is -3.01. The summed E-state index contributed by atoms with van der Waals surface area (Å²) in [7, 11) is 0. The Labute approximate surface area is 187 Å². The highest BCUT2D eigenvalue weighted by molar-refractivity contribution is 6.29. The van der Waals surface area contributed by atoms with Crippen molar-refractivity contribution < 1.29 is 27.4 Å². The molecule has 3 aromatic rings. The molecule has 0 aliphatic carbocycles. The average Bonchev–Trinajstić information content (AvgIpc) is 3.12. The molecule has 11 heteroatoms. The fraction of sp³-hybridized carbons (Fsp3) is 0.381. The smallest absolute Gasteiger partial charge is 0.419 e. The number of nitrogens with two attached hydrogens (primary N) is 1. The van der Waals surface area contributed by atoms with E-state index >= 15 is 0 Å². The van der Waals surface area contributed by atoms with E-state index in [1.54, 1.807) is 13.1 Å². The minimum atomic E-state index is -4.70. The van der Waals surface area contributed by atoms with Gasteiger partial charge in [-0.1, -0.05) is 31.5 Å². The quantitative estimate of drug-likeness (QED) is 0.502. The molecule has 2 heterocycles. The minimum Gasteiger partial charge on any atom is -0.489 e. The molecular formula is C21H22ClF3N4O3. The maximum absolute atomic E-state index is 13.9. The molecule has 32 heavy (non-hydrogen) atoms. The summed E-state index contributed by atoms with van der Waals surface area (Å²) in [5.41, 5.74) is 3.93. The Morgan fingerprint density at radius 1 is 1.28 bits per heavy atom. The fourth-order valence-electron chi connectivity index (χ4n) is 3.61. The first kappa shape index (κ1) is 23.6. The molecular weight excluding hydrogens is 449 g/mol. The molecule has 0 fully saturated rings. The van der Waals surface area contributed by atoms with Gasteiger partial charge in [-0.15, -0.1) is 0 Å². The standard InChI is InChI=1S/C21H22ClF3N4O3/c1-12(2)10-20(3,32-19(26)30)11-31-16-5-4-13(8-15(16)21(23,24)25)14-9-17(22)28-29-7-6-27-18(14)29/h4-9,12H,10-11H2,1-3H3,(H2,26,30)/t20-/m0/s1. The van der Waals surface area contributed by atoms with E-state index < -0.39 is 29.2 Å². The Bertz CT molecular complexity index is 1130. The molecule has 2 aromatic heterocycles. The van der Waals surface area contributed by atoms with Crippen molar-refractivity contribution in [3.63, 3.8) is 0 Å². The van der Waals surface area contributed by atoms with Crippen molar-refractivity contribution in [2.24, 2.45) is 11.7 Å². The van der Waals surface area contributed by atoms with Crippen LogP contribution < -0.4 is 10.5 Å². The molecule has 0 aliphatic rings. The van der Waals surface area contributed by atoms with E-state index in [1.807, 2.05) is 13.8 Å². The maximum atomic E-state index is 13.9. The zero-order chi connectivity index (χ0) is 23.7. The summed E-state index contributed by atoms with van der Waals surface area (Å²) in [5.74, 6) is -0.315. The number of nitrogens with zero attached hydrogens (tertiary/aromatic N) is 3. The number of aromatic nitrogens is 3. The van der Waals surface area contributed by atoms with Crippen molar-refractivity contribution in [1.82, 2.24) is 14.6 Å². The van der Waals surface area contributed by atoms with Gasteiger partial charge in [0.2, 0.25) is 0 Å². The molecule has 0 saturated heterocycles. The number of benzene rings is 1. The summed E-state index contributed by atoms with van der Waals surface area (Å²) in [6, 6.07) is 5.09. The molecule has 3 rings (SSSR count). The monoisotopic (exact) mass is 470 g/mol. The van der Waals surface area contributed by atoms with E-state index in [0.29, 0.717) is 17.6 Å². The first-order valence-electron chi connectivity index (χ1n) is 9.71. The lowest BCUT2D eigenvalue weighted by atomic mass is 9.95. The Balaban J connectivity index is 1.99. The lowest BCUT2D eigenvalue weighted by Crippen LogP contribution is -2.41. The highest BCUT2D eigenvalue weighted by Crippen LogP contribution is 2.40. The number of hydrogen-bond acceptors (Lipinski definition) is 5. The van der Waals surface area contributed by atoms with Crippen molar-refractivity contribution in [1.29, 1.82) is 0 Å². The topological polar surface area (TPSA) is 91.7 Å². The van der Waals surface area contributed by atoms with E-state index in [4.69, 9.17) is 26.8 Å². The second-order valence-corrected chi connectivity index (χ2v) is 8.43. The summed E-state index contributed by atoms with van der Waals surface area (Å²) < 4.78 is 53.6. The molecule has 0 saturated carbocycles. The number of hydrogen-bond donors (Lipinski definition) is 1. The van der Waals surface area contributed by atoms with Gasteiger partial charge in [0.15, 0.2) is 10.8 Å². The van der Waals surface area contributed by atoms with Gasteiger partial charge in [0, 0.05) is 18.0 Å². The van der Waals surface area contributed by atoms with Crippen molar-refractivity contribution >= 4 is 23.3 Å². The second kappa shape index (κ2) is 8.85. The van der Waals surface area contributed by atoms with E-state index in [2.05, 4.69) is 10.1 Å². The van der Waals surface area contributed by atoms with Crippen molar-refractivity contribution in [2.75, 3.05) is 6.61 Å². The molecule has 0 spiro atoms. The number of imidazole rings is 1. The molecule has 172 valence electrons. The van der Waals surface area contributed by atoms with Crippen LogP contribution in [0.25, 0.3) is 16.8 Å². The van der Waals surface area contributed by atoms with Crippen LogP contribution in [0.2, 0.25) is 5.15 Å². The van der Waals surface area contributed by atoms with Gasteiger partial charge in [-0.2, -0.15) is 18.3 Å². The van der Waals surface area contributed by atoms with Gasteiger partial charge >= 0.3 is 12.3 Å². The van der Waals surface area contributed by atoms with Crippen LogP contribution >= 0.6 is 11.6 Å². The maximum Gasteiger partial charge on any atom is 0.419 e. The number of rotatable bonds is 7. The number of amides is 1. The normalized spacial score (nSPS) is 13.9. The SMILES string of the molecule is CC(C)C[C@@](C)(COc1ccc(-c2cc(Cl)nn3ccnc23)cc1C(F)(F)F)OC(N)=O. The molecule has 2 N–H and O–H groups in total. The van der Waals surface area contributed by atoms with Gasteiger partial charge in [-0.05, 0) is 43.0 Å². The summed E-state index contributed by atoms with van der Waals surface area (Å²) in [5, 5.41) is 4.14.